The predicted molar refractivity (Wildman–Crippen MR) is 62.1 cm³/mol. The maximum absolute atomic E-state index is 12.1. The van der Waals surface area contributed by atoms with Crippen molar-refractivity contribution in [3.05, 3.63) is 0 Å². The summed E-state index contributed by atoms with van der Waals surface area (Å²) in [6, 6.07) is 0. The standard InChI is InChI=1S/C13H22O3/c1-3-8-11(14)13(12(15)16-4-2)9-6-5-7-10-13/h3-10H2,1-2H3. The average Bonchev–Trinajstić information content (AvgIpc) is 2.30. The number of carbonyl (C=O) groups is 2. The molecule has 0 unspecified atom stereocenters. The Bertz CT molecular complexity index is 232. The van der Waals surface area contributed by atoms with Crippen molar-refractivity contribution in [2.45, 2.75) is 58.8 Å². The molecule has 0 radical (unpaired) electrons. The first kappa shape index (κ1) is 13.2. The molecule has 0 bridgehead atoms. The Kier molecular flexibility index (Phi) is 4.97. The highest BCUT2D eigenvalue weighted by Crippen LogP contribution is 2.39. The number of ether oxygens (including phenoxy) is 1. The summed E-state index contributed by atoms with van der Waals surface area (Å²) in [5.74, 6) is -0.193. The monoisotopic (exact) mass is 226 g/mol. The molecule has 92 valence electrons. The molecule has 0 atom stereocenters. The second-order valence-corrected chi connectivity index (χ2v) is 4.54. The van der Waals surface area contributed by atoms with Crippen molar-refractivity contribution in [3.63, 3.8) is 0 Å². The zero-order valence-corrected chi connectivity index (χ0v) is 10.4. The van der Waals surface area contributed by atoms with Gasteiger partial charge in [0.1, 0.15) is 11.2 Å². The van der Waals surface area contributed by atoms with Gasteiger partial charge in [-0.3, -0.25) is 9.59 Å². The van der Waals surface area contributed by atoms with E-state index in [0.717, 1.165) is 25.7 Å². The predicted octanol–water partition coefficient (Wildman–Crippen LogP) is 2.87. The van der Waals surface area contributed by atoms with Crippen LogP contribution in [0.3, 0.4) is 0 Å². The molecule has 1 saturated carbocycles. The number of esters is 1. The lowest BCUT2D eigenvalue weighted by Gasteiger charge is -2.33. The van der Waals surface area contributed by atoms with Gasteiger partial charge in [0.25, 0.3) is 0 Å². The van der Waals surface area contributed by atoms with E-state index in [9.17, 15) is 9.59 Å². The molecular weight excluding hydrogens is 204 g/mol. The summed E-state index contributed by atoms with van der Waals surface area (Å²) in [4.78, 5) is 24.1. The van der Waals surface area contributed by atoms with E-state index in [1.807, 2.05) is 6.92 Å². The molecule has 0 spiro atoms. The largest absolute Gasteiger partial charge is 0.465 e. The van der Waals surface area contributed by atoms with E-state index < -0.39 is 5.41 Å². The van der Waals surface area contributed by atoms with Crippen LogP contribution in [0.25, 0.3) is 0 Å². The van der Waals surface area contributed by atoms with E-state index >= 15 is 0 Å². The second kappa shape index (κ2) is 6.02. The van der Waals surface area contributed by atoms with E-state index in [1.165, 1.54) is 0 Å². The van der Waals surface area contributed by atoms with Gasteiger partial charge in [0.2, 0.25) is 0 Å². The van der Waals surface area contributed by atoms with Gasteiger partial charge >= 0.3 is 5.97 Å². The lowest BCUT2D eigenvalue weighted by molar-refractivity contribution is -0.162. The molecule has 16 heavy (non-hydrogen) atoms. The summed E-state index contributed by atoms with van der Waals surface area (Å²) in [6.45, 7) is 4.12. The van der Waals surface area contributed by atoms with Crippen molar-refractivity contribution < 1.29 is 14.3 Å². The minimum absolute atomic E-state index is 0.0909. The molecule has 0 heterocycles. The summed E-state index contributed by atoms with van der Waals surface area (Å²) in [7, 11) is 0. The molecule has 3 nitrogen and oxygen atoms in total. The van der Waals surface area contributed by atoms with Gasteiger partial charge in [0, 0.05) is 6.42 Å². The minimum Gasteiger partial charge on any atom is -0.465 e. The molecule has 1 aliphatic rings. The lowest BCUT2D eigenvalue weighted by Crippen LogP contribution is -2.42. The fourth-order valence-electron chi connectivity index (χ4n) is 2.49. The fourth-order valence-corrected chi connectivity index (χ4v) is 2.49. The van der Waals surface area contributed by atoms with E-state index in [2.05, 4.69) is 0 Å². The van der Waals surface area contributed by atoms with Crippen LogP contribution in [0.5, 0.6) is 0 Å². The van der Waals surface area contributed by atoms with Crippen LogP contribution in [0.4, 0.5) is 0 Å². The number of hydrogen-bond donors (Lipinski definition) is 0. The van der Waals surface area contributed by atoms with Crippen LogP contribution in [-0.2, 0) is 14.3 Å². The van der Waals surface area contributed by atoms with Crippen molar-refractivity contribution in [2.24, 2.45) is 5.41 Å². The van der Waals surface area contributed by atoms with Gasteiger partial charge < -0.3 is 4.74 Å². The maximum Gasteiger partial charge on any atom is 0.319 e. The van der Waals surface area contributed by atoms with Crippen molar-refractivity contribution in [1.82, 2.24) is 0 Å². The number of rotatable bonds is 5. The maximum atomic E-state index is 12.1. The second-order valence-electron chi connectivity index (χ2n) is 4.54. The molecular formula is C13H22O3. The van der Waals surface area contributed by atoms with Gasteiger partial charge in [0.05, 0.1) is 6.61 Å². The first-order valence-electron chi connectivity index (χ1n) is 6.38. The van der Waals surface area contributed by atoms with Gasteiger partial charge in [-0.2, -0.15) is 0 Å². The molecule has 0 amide bonds. The summed E-state index contributed by atoms with van der Waals surface area (Å²) >= 11 is 0. The van der Waals surface area contributed by atoms with Crippen molar-refractivity contribution >= 4 is 11.8 Å². The summed E-state index contributed by atoms with van der Waals surface area (Å²) in [5, 5.41) is 0. The zero-order valence-electron chi connectivity index (χ0n) is 10.4. The van der Waals surface area contributed by atoms with Crippen molar-refractivity contribution in [3.8, 4) is 0 Å². The van der Waals surface area contributed by atoms with Gasteiger partial charge in [-0.15, -0.1) is 0 Å². The molecule has 1 fully saturated rings. The van der Waals surface area contributed by atoms with Crippen LogP contribution in [-0.4, -0.2) is 18.4 Å². The zero-order chi connectivity index (χ0) is 12.0. The Balaban J connectivity index is 2.82. The molecule has 1 rings (SSSR count). The molecule has 0 aromatic carbocycles. The summed E-state index contributed by atoms with van der Waals surface area (Å²) in [5.41, 5.74) is -0.801. The number of hydrogen-bond acceptors (Lipinski definition) is 3. The van der Waals surface area contributed by atoms with Crippen LogP contribution in [0.15, 0.2) is 0 Å². The third-order valence-corrected chi connectivity index (χ3v) is 3.38. The third kappa shape index (κ3) is 2.63. The highest BCUT2D eigenvalue weighted by atomic mass is 16.5. The molecule has 0 saturated heterocycles. The molecule has 0 aromatic heterocycles. The van der Waals surface area contributed by atoms with Gasteiger partial charge in [-0.05, 0) is 26.2 Å². The van der Waals surface area contributed by atoms with E-state index in [4.69, 9.17) is 4.74 Å². The van der Waals surface area contributed by atoms with E-state index in [0.29, 0.717) is 25.9 Å². The minimum atomic E-state index is -0.801. The Labute approximate surface area is 97.5 Å². The number of ketones is 1. The van der Waals surface area contributed by atoms with Gasteiger partial charge in [-0.25, -0.2) is 0 Å². The first-order chi connectivity index (χ1) is 7.67. The van der Waals surface area contributed by atoms with E-state index in [-0.39, 0.29) is 11.8 Å². The quantitative estimate of drug-likeness (QED) is 0.535. The Morgan fingerprint density at radius 2 is 1.75 bits per heavy atom. The topological polar surface area (TPSA) is 43.4 Å². The number of carbonyl (C=O) groups excluding carboxylic acids is 2. The van der Waals surface area contributed by atoms with Crippen molar-refractivity contribution in [2.75, 3.05) is 6.61 Å². The van der Waals surface area contributed by atoms with Gasteiger partial charge in [-0.1, -0.05) is 26.2 Å². The molecule has 0 aliphatic heterocycles. The van der Waals surface area contributed by atoms with E-state index in [1.54, 1.807) is 6.92 Å². The lowest BCUT2D eigenvalue weighted by atomic mass is 9.70. The highest BCUT2D eigenvalue weighted by molar-refractivity contribution is 6.03. The summed E-state index contributed by atoms with van der Waals surface area (Å²) in [6.07, 6.45) is 5.73. The average molecular weight is 226 g/mol. The Morgan fingerprint density at radius 1 is 1.12 bits per heavy atom. The Morgan fingerprint density at radius 3 is 2.25 bits per heavy atom. The molecule has 1 aliphatic carbocycles. The smallest absolute Gasteiger partial charge is 0.319 e. The molecule has 0 aromatic rings. The van der Waals surface area contributed by atoms with Crippen LogP contribution in [0.2, 0.25) is 0 Å². The summed E-state index contributed by atoms with van der Waals surface area (Å²) < 4.78 is 5.09. The highest BCUT2D eigenvalue weighted by Gasteiger charge is 2.46. The van der Waals surface area contributed by atoms with Crippen LogP contribution in [0, 0.1) is 5.41 Å². The SMILES string of the molecule is CCCC(=O)C1(C(=O)OCC)CCCCC1. The van der Waals surface area contributed by atoms with Crippen molar-refractivity contribution in [1.29, 1.82) is 0 Å². The van der Waals surface area contributed by atoms with Crippen LogP contribution < -0.4 is 0 Å². The van der Waals surface area contributed by atoms with Crippen LogP contribution in [0.1, 0.15) is 58.8 Å². The fraction of sp³-hybridized carbons (Fsp3) is 0.846. The Hall–Kier alpha value is -0.860. The normalized spacial score (nSPS) is 19.1. The van der Waals surface area contributed by atoms with Gasteiger partial charge in [0.15, 0.2) is 0 Å². The number of Topliss-reactive ketones (excluding diaryl/α,β-unsaturated/α-hetero) is 1. The molecule has 3 heteroatoms. The molecule has 0 N–H and O–H groups in total. The first-order valence-corrected chi connectivity index (χ1v) is 6.38. The third-order valence-electron chi connectivity index (χ3n) is 3.38. The van der Waals surface area contributed by atoms with Crippen LogP contribution >= 0.6 is 0 Å².